The maximum absolute atomic E-state index is 11.4. The van der Waals surface area contributed by atoms with E-state index in [1.54, 1.807) is 0 Å². The zero-order valence-corrected chi connectivity index (χ0v) is 9.72. The molecule has 0 saturated carbocycles. The fraction of sp³-hybridized carbons (Fsp3) is 0.889. The third-order valence-corrected chi connectivity index (χ3v) is 4.30. The number of carbonyl (C=O) groups excluding carboxylic acids is 1. The van der Waals surface area contributed by atoms with E-state index in [0.717, 1.165) is 0 Å². The molecular formula is C9H18N2O3S. The van der Waals surface area contributed by atoms with Crippen LogP contribution in [-0.2, 0) is 14.6 Å². The SMILES string of the molecule is CC(CN)CC(=O)NC1CCS(=O)(=O)C1. The molecule has 0 bridgehead atoms. The highest BCUT2D eigenvalue weighted by molar-refractivity contribution is 7.91. The highest BCUT2D eigenvalue weighted by atomic mass is 32.2. The van der Waals surface area contributed by atoms with Crippen molar-refractivity contribution in [3.05, 3.63) is 0 Å². The smallest absolute Gasteiger partial charge is 0.220 e. The van der Waals surface area contributed by atoms with Gasteiger partial charge in [0.1, 0.15) is 0 Å². The van der Waals surface area contributed by atoms with Crippen molar-refractivity contribution in [3.8, 4) is 0 Å². The number of hydrogen-bond acceptors (Lipinski definition) is 4. The Morgan fingerprint density at radius 2 is 2.27 bits per heavy atom. The van der Waals surface area contributed by atoms with Crippen molar-refractivity contribution < 1.29 is 13.2 Å². The summed E-state index contributed by atoms with van der Waals surface area (Å²) in [6.45, 7) is 2.36. The lowest BCUT2D eigenvalue weighted by molar-refractivity contribution is -0.122. The molecule has 0 aromatic heterocycles. The topological polar surface area (TPSA) is 89.3 Å². The van der Waals surface area contributed by atoms with Crippen molar-refractivity contribution in [2.24, 2.45) is 11.7 Å². The zero-order chi connectivity index (χ0) is 11.5. The second kappa shape index (κ2) is 4.94. The first-order valence-electron chi connectivity index (χ1n) is 5.13. The van der Waals surface area contributed by atoms with Crippen LogP contribution >= 0.6 is 0 Å². The van der Waals surface area contributed by atoms with Crippen LogP contribution in [0.2, 0.25) is 0 Å². The fourth-order valence-corrected chi connectivity index (χ4v) is 3.27. The van der Waals surface area contributed by atoms with Crippen molar-refractivity contribution in [1.29, 1.82) is 0 Å². The molecule has 5 nitrogen and oxygen atoms in total. The molecule has 1 rings (SSSR count). The Morgan fingerprint density at radius 1 is 1.60 bits per heavy atom. The van der Waals surface area contributed by atoms with Gasteiger partial charge in [0.2, 0.25) is 5.91 Å². The number of amides is 1. The standard InChI is InChI=1S/C9H18N2O3S/c1-7(5-10)4-9(12)11-8-2-3-15(13,14)6-8/h7-8H,2-6,10H2,1H3,(H,11,12). The van der Waals surface area contributed by atoms with Crippen molar-refractivity contribution in [1.82, 2.24) is 5.32 Å². The van der Waals surface area contributed by atoms with E-state index < -0.39 is 9.84 Å². The molecule has 1 fully saturated rings. The van der Waals surface area contributed by atoms with Gasteiger partial charge in [-0.05, 0) is 18.9 Å². The monoisotopic (exact) mass is 234 g/mol. The van der Waals surface area contributed by atoms with Gasteiger partial charge in [-0.1, -0.05) is 6.92 Å². The molecule has 1 aliphatic heterocycles. The van der Waals surface area contributed by atoms with Gasteiger partial charge in [0.25, 0.3) is 0 Å². The Hall–Kier alpha value is -0.620. The van der Waals surface area contributed by atoms with E-state index in [-0.39, 0.29) is 29.4 Å². The van der Waals surface area contributed by atoms with Crippen LogP contribution in [0.15, 0.2) is 0 Å². The van der Waals surface area contributed by atoms with Crippen LogP contribution in [0.4, 0.5) is 0 Å². The van der Waals surface area contributed by atoms with Crippen LogP contribution in [0.1, 0.15) is 19.8 Å². The van der Waals surface area contributed by atoms with Gasteiger partial charge >= 0.3 is 0 Å². The summed E-state index contributed by atoms with van der Waals surface area (Å²) < 4.78 is 22.3. The Kier molecular flexibility index (Phi) is 4.10. The minimum absolute atomic E-state index is 0.0791. The number of nitrogens with two attached hydrogens (primary N) is 1. The predicted octanol–water partition coefficient (Wildman–Crippen LogP) is -0.725. The van der Waals surface area contributed by atoms with Gasteiger partial charge < -0.3 is 11.1 Å². The molecule has 2 unspecified atom stereocenters. The Morgan fingerprint density at radius 3 is 2.73 bits per heavy atom. The molecule has 1 aliphatic rings. The van der Waals surface area contributed by atoms with E-state index in [9.17, 15) is 13.2 Å². The maximum atomic E-state index is 11.4. The number of hydrogen-bond donors (Lipinski definition) is 2. The molecular weight excluding hydrogens is 216 g/mol. The number of nitrogens with one attached hydrogen (secondary N) is 1. The molecule has 3 N–H and O–H groups in total. The summed E-state index contributed by atoms with van der Waals surface area (Å²) in [5, 5.41) is 2.73. The van der Waals surface area contributed by atoms with Crippen LogP contribution < -0.4 is 11.1 Å². The molecule has 6 heteroatoms. The molecule has 0 aliphatic carbocycles. The van der Waals surface area contributed by atoms with E-state index in [1.165, 1.54) is 0 Å². The number of sulfone groups is 1. The van der Waals surface area contributed by atoms with Crippen LogP contribution in [-0.4, -0.2) is 38.4 Å². The number of carbonyl (C=O) groups is 1. The third-order valence-electron chi connectivity index (χ3n) is 2.53. The first kappa shape index (κ1) is 12.4. The van der Waals surface area contributed by atoms with Gasteiger partial charge in [0.15, 0.2) is 9.84 Å². The number of rotatable bonds is 4. The first-order valence-corrected chi connectivity index (χ1v) is 6.95. The van der Waals surface area contributed by atoms with Gasteiger partial charge in [0, 0.05) is 12.5 Å². The van der Waals surface area contributed by atoms with Crippen molar-refractivity contribution in [3.63, 3.8) is 0 Å². The second-order valence-corrected chi connectivity index (χ2v) is 6.44. The highest BCUT2D eigenvalue weighted by Gasteiger charge is 2.28. The van der Waals surface area contributed by atoms with Crippen molar-refractivity contribution in [2.75, 3.05) is 18.1 Å². The molecule has 1 amide bonds. The van der Waals surface area contributed by atoms with E-state index in [0.29, 0.717) is 19.4 Å². The zero-order valence-electron chi connectivity index (χ0n) is 8.90. The van der Waals surface area contributed by atoms with Crippen LogP contribution in [0, 0.1) is 5.92 Å². The van der Waals surface area contributed by atoms with Gasteiger partial charge in [-0.3, -0.25) is 4.79 Å². The molecule has 0 spiro atoms. The molecule has 0 aromatic carbocycles. The van der Waals surface area contributed by atoms with Gasteiger partial charge in [0.05, 0.1) is 11.5 Å². The molecule has 1 heterocycles. The van der Waals surface area contributed by atoms with Gasteiger partial charge in [-0.2, -0.15) is 0 Å². The van der Waals surface area contributed by atoms with Crippen LogP contribution in [0.3, 0.4) is 0 Å². The van der Waals surface area contributed by atoms with Gasteiger partial charge in [-0.15, -0.1) is 0 Å². The van der Waals surface area contributed by atoms with Crippen LogP contribution in [0.25, 0.3) is 0 Å². The summed E-state index contributed by atoms with van der Waals surface area (Å²) in [6.07, 6.45) is 0.901. The normalized spacial score (nSPS) is 26.1. The summed E-state index contributed by atoms with van der Waals surface area (Å²) in [7, 11) is -2.91. The summed E-state index contributed by atoms with van der Waals surface area (Å²) in [6, 6.07) is -0.201. The Labute approximate surface area is 90.3 Å². The van der Waals surface area contributed by atoms with Gasteiger partial charge in [-0.25, -0.2) is 8.42 Å². The van der Waals surface area contributed by atoms with E-state index >= 15 is 0 Å². The highest BCUT2D eigenvalue weighted by Crippen LogP contribution is 2.11. The van der Waals surface area contributed by atoms with Crippen LogP contribution in [0.5, 0.6) is 0 Å². The predicted molar refractivity (Wildman–Crippen MR) is 58.0 cm³/mol. The average Bonchev–Trinajstić information content (AvgIpc) is 2.44. The second-order valence-electron chi connectivity index (χ2n) is 4.21. The first-order chi connectivity index (χ1) is 6.93. The molecule has 1 saturated heterocycles. The van der Waals surface area contributed by atoms with E-state index in [1.807, 2.05) is 6.92 Å². The lowest BCUT2D eigenvalue weighted by atomic mass is 10.1. The van der Waals surface area contributed by atoms with Crippen molar-refractivity contribution >= 4 is 15.7 Å². The van der Waals surface area contributed by atoms with E-state index in [4.69, 9.17) is 5.73 Å². The fourth-order valence-electron chi connectivity index (χ4n) is 1.60. The Bertz CT molecular complexity index is 326. The Balaban J connectivity index is 2.34. The largest absolute Gasteiger partial charge is 0.352 e. The molecule has 15 heavy (non-hydrogen) atoms. The summed E-state index contributed by atoms with van der Waals surface area (Å²) in [4.78, 5) is 11.4. The average molecular weight is 234 g/mol. The maximum Gasteiger partial charge on any atom is 0.220 e. The van der Waals surface area contributed by atoms with Crippen molar-refractivity contribution in [2.45, 2.75) is 25.8 Å². The molecule has 0 radical (unpaired) electrons. The molecule has 88 valence electrons. The minimum Gasteiger partial charge on any atom is -0.352 e. The quantitative estimate of drug-likeness (QED) is 0.671. The van der Waals surface area contributed by atoms with E-state index in [2.05, 4.69) is 5.32 Å². The summed E-state index contributed by atoms with van der Waals surface area (Å²) in [5.74, 6) is 0.304. The molecule has 0 aromatic rings. The third kappa shape index (κ3) is 4.17. The lowest BCUT2D eigenvalue weighted by Crippen LogP contribution is -2.36. The minimum atomic E-state index is -2.91. The lowest BCUT2D eigenvalue weighted by Gasteiger charge is -2.13. The summed E-state index contributed by atoms with van der Waals surface area (Å²) in [5.41, 5.74) is 5.40. The summed E-state index contributed by atoms with van der Waals surface area (Å²) >= 11 is 0. The molecule has 2 atom stereocenters.